The van der Waals surface area contributed by atoms with Crippen LogP contribution in [0.2, 0.25) is 5.02 Å². The number of ether oxygens (including phenoxy) is 1. The Morgan fingerprint density at radius 3 is 2.42 bits per heavy atom. The molecule has 1 atom stereocenters. The van der Waals surface area contributed by atoms with Crippen molar-refractivity contribution in [3.8, 4) is 5.75 Å². The van der Waals surface area contributed by atoms with Gasteiger partial charge in [-0.05, 0) is 48.9 Å². The molecular weight excluding hydrogens is 386 g/mol. The Morgan fingerprint density at radius 2 is 1.92 bits per heavy atom. The number of nitrogens with zero attached hydrogens (tertiary/aromatic N) is 1. The van der Waals surface area contributed by atoms with Gasteiger partial charge in [0.05, 0.1) is 10.6 Å². The average Bonchev–Trinajstić information content (AvgIpc) is 2.50. The summed E-state index contributed by atoms with van der Waals surface area (Å²) in [6, 6.07) is 7.39. The maximum atomic E-state index is 12.6. The zero-order valence-corrected chi connectivity index (χ0v) is 14.4. The fourth-order valence-corrected chi connectivity index (χ4v) is 2.69. The van der Waals surface area contributed by atoms with Crippen LogP contribution in [0, 0.1) is 0 Å². The highest BCUT2D eigenvalue weighted by molar-refractivity contribution is 7.99. The number of halogens is 5. The van der Waals surface area contributed by atoms with E-state index in [0.29, 0.717) is 10.6 Å². The Hall–Kier alpha value is -1.44. The summed E-state index contributed by atoms with van der Waals surface area (Å²) in [5, 5.41) is -0.451. The van der Waals surface area contributed by atoms with E-state index in [-0.39, 0.29) is 10.0 Å². The van der Waals surface area contributed by atoms with E-state index >= 15 is 0 Å². The van der Waals surface area contributed by atoms with Gasteiger partial charge in [0.25, 0.3) is 5.24 Å². The first kappa shape index (κ1) is 18.9. The van der Waals surface area contributed by atoms with Gasteiger partial charge in [0.2, 0.25) is 0 Å². The van der Waals surface area contributed by atoms with Crippen molar-refractivity contribution in [1.29, 1.82) is 0 Å². The van der Waals surface area contributed by atoms with Crippen LogP contribution in [0.25, 0.3) is 0 Å². The third-order valence-electron chi connectivity index (χ3n) is 2.81. The van der Waals surface area contributed by atoms with E-state index in [2.05, 4.69) is 4.98 Å². The molecule has 0 unspecified atom stereocenters. The summed E-state index contributed by atoms with van der Waals surface area (Å²) in [4.78, 5) is 15.4. The Bertz CT molecular complexity index is 738. The van der Waals surface area contributed by atoms with Gasteiger partial charge in [-0.15, -0.1) is 0 Å². The van der Waals surface area contributed by atoms with E-state index in [9.17, 15) is 18.0 Å². The molecule has 128 valence electrons. The zero-order chi connectivity index (χ0) is 17.9. The quantitative estimate of drug-likeness (QED) is 0.632. The molecule has 9 heteroatoms. The lowest BCUT2D eigenvalue weighted by Gasteiger charge is -2.11. The van der Waals surface area contributed by atoms with Crippen LogP contribution in [0.4, 0.5) is 13.2 Å². The lowest BCUT2D eigenvalue weighted by atomic mass is 10.3. The summed E-state index contributed by atoms with van der Waals surface area (Å²) in [5.74, 6) is 0.437. The van der Waals surface area contributed by atoms with Crippen molar-refractivity contribution in [3.05, 3.63) is 47.1 Å². The molecule has 2 aromatic rings. The molecule has 24 heavy (non-hydrogen) atoms. The summed E-state index contributed by atoms with van der Waals surface area (Å²) in [6.07, 6.45) is -4.54. The number of carbonyl (C=O) groups excluding carboxylic acids is 1. The lowest BCUT2D eigenvalue weighted by Crippen LogP contribution is -2.18. The highest BCUT2D eigenvalue weighted by Crippen LogP contribution is 2.36. The second-order valence-electron chi connectivity index (χ2n) is 4.65. The number of benzene rings is 1. The predicted molar refractivity (Wildman–Crippen MR) is 85.8 cm³/mol. The zero-order valence-electron chi connectivity index (χ0n) is 12.1. The van der Waals surface area contributed by atoms with Crippen molar-refractivity contribution in [2.75, 3.05) is 0 Å². The third kappa shape index (κ3) is 5.03. The van der Waals surface area contributed by atoms with Crippen molar-refractivity contribution >= 4 is 40.2 Å². The summed E-state index contributed by atoms with van der Waals surface area (Å²) >= 11 is 12.3. The molecule has 3 nitrogen and oxygen atoms in total. The van der Waals surface area contributed by atoms with Crippen molar-refractivity contribution in [2.45, 2.75) is 29.1 Å². The highest BCUT2D eigenvalue weighted by Gasteiger charge is 2.31. The van der Waals surface area contributed by atoms with E-state index in [1.165, 1.54) is 6.92 Å². The molecule has 0 amide bonds. The molecule has 0 radical (unpaired) electrons. The van der Waals surface area contributed by atoms with Crippen LogP contribution in [-0.2, 0) is 11.0 Å². The van der Waals surface area contributed by atoms with Crippen LogP contribution in [0.1, 0.15) is 12.5 Å². The van der Waals surface area contributed by atoms with Gasteiger partial charge in [0.1, 0.15) is 10.8 Å². The molecule has 0 spiro atoms. The van der Waals surface area contributed by atoms with E-state index in [0.717, 1.165) is 24.0 Å². The molecule has 1 aromatic heterocycles. The number of pyridine rings is 1. The smallest absolute Gasteiger partial charge is 0.417 e. The first-order valence-electron chi connectivity index (χ1n) is 6.53. The van der Waals surface area contributed by atoms with Gasteiger partial charge in [-0.3, -0.25) is 4.79 Å². The molecule has 0 aliphatic rings. The van der Waals surface area contributed by atoms with Gasteiger partial charge in [-0.2, -0.15) is 13.2 Å². The topological polar surface area (TPSA) is 39.2 Å². The van der Waals surface area contributed by atoms with Crippen molar-refractivity contribution in [1.82, 2.24) is 4.98 Å². The molecule has 0 bridgehead atoms. The Kier molecular flexibility index (Phi) is 6.01. The van der Waals surface area contributed by atoms with E-state index < -0.39 is 23.1 Å². The summed E-state index contributed by atoms with van der Waals surface area (Å²) in [5.41, 5.74) is -0.902. The molecular formula is C15H10Cl2F3NO2S. The van der Waals surface area contributed by atoms with Crippen LogP contribution >= 0.6 is 35.0 Å². The van der Waals surface area contributed by atoms with Gasteiger partial charge < -0.3 is 4.74 Å². The second kappa shape index (κ2) is 7.63. The maximum absolute atomic E-state index is 12.6. The molecule has 0 aliphatic carbocycles. The third-order valence-corrected chi connectivity index (χ3v) is 4.54. The van der Waals surface area contributed by atoms with Crippen LogP contribution in [0.5, 0.6) is 5.75 Å². The van der Waals surface area contributed by atoms with Gasteiger partial charge in [-0.1, -0.05) is 23.4 Å². The van der Waals surface area contributed by atoms with Crippen molar-refractivity contribution < 1.29 is 22.7 Å². The first-order chi connectivity index (χ1) is 11.2. The fourth-order valence-electron chi connectivity index (χ4n) is 1.60. The van der Waals surface area contributed by atoms with E-state index in [1.807, 2.05) is 0 Å². The second-order valence-corrected chi connectivity index (χ2v) is 6.49. The lowest BCUT2D eigenvalue weighted by molar-refractivity contribution is -0.137. The summed E-state index contributed by atoms with van der Waals surface area (Å²) in [6.45, 7) is 1.52. The van der Waals surface area contributed by atoms with Gasteiger partial charge in [-0.25, -0.2) is 4.98 Å². The summed E-state index contributed by atoms with van der Waals surface area (Å²) < 4.78 is 43.0. The maximum Gasteiger partial charge on any atom is 0.417 e. The number of carbonyl (C=O) groups is 1. The Morgan fingerprint density at radius 1 is 1.29 bits per heavy atom. The SMILES string of the molecule is C[C@@H](Oc1ccc(Sc2ncc(C(F)(F)F)cc2Cl)cc1)C(=O)Cl. The molecule has 2 rings (SSSR count). The normalized spacial score (nSPS) is 12.8. The molecule has 0 saturated heterocycles. The van der Waals surface area contributed by atoms with Crippen LogP contribution in [0.3, 0.4) is 0 Å². The van der Waals surface area contributed by atoms with Crippen molar-refractivity contribution in [3.63, 3.8) is 0 Å². The van der Waals surface area contributed by atoms with E-state index in [1.54, 1.807) is 24.3 Å². The van der Waals surface area contributed by atoms with Crippen LogP contribution in [-0.4, -0.2) is 16.3 Å². The molecule has 1 aromatic carbocycles. The molecule has 1 heterocycles. The number of hydrogen-bond donors (Lipinski definition) is 0. The van der Waals surface area contributed by atoms with Gasteiger partial charge in [0.15, 0.2) is 6.10 Å². The molecule has 0 fully saturated rings. The minimum Gasteiger partial charge on any atom is -0.482 e. The minimum atomic E-state index is -4.49. The van der Waals surface area contributed by atoms with Crippen LogP contribution < -0.4 is 4.74 Å². The number of hydrogen-bond acceptors (Lipinski definition) is 4. The Labute approximate surface area is 150 Å². The number of alkyl halides is 3. The first-order valence-corrected chi connectivity index (χ1v) is 8.10. The largest absolute Gasteiger partial charge is 0.482 e. The molecule has 0 aliphatic heterocycles. The number of rotatable bonds is 5. The molecule has 0 N–H and O–H groups in total. The number of aromatic nitrogens is 1. The van der Waals surface area contributed by atoms with Gasteiger partial charge in [0, 0.05) is 11.1 Å². The average molecular weight is 396 g/mol. The monoisotopic (exact) mass is 395 g/mol. The van der Waals surface area contributed by atoms with Crippen molar-refractivity contribution in [2.24, 2.45) is 0 Å². The van der Waals surface area contributed by atoms with Crippen LogP contribution in [0.15, 0.2) is 46.5 Å². The van der Waals surface area contributed by atoms with Gasteiger partial charge >= 0.3 is 6.18 Å². The predicted octanol–water partition coefficient (Wildman–Crippen LogP) is 5.44. The fraction of sp³-hybridized carbons (Fsp3) is 0.200. The Balaban J connectivity index is 2.10. The minimum absolute atomic E-state index is 0.0866. The summed E-state index contributed by atoms with van der Waals surface area (Å²) in [7, 11) is 0. The standard InChI is InChI=1S/C15H10Cl2F3NO2S/c1-8(13(17)22)23-10-2-4-11(5-3-10)24-14-12(16)6-9(7-21-14)15(18,19)20/h2-8H,1H3/t8-/m1/s1. The van der Waals surface area contributed by atoms with E-state index in [4.69, 9.17) is 27.9 Å². The molecule has 0 saturated carbocycles. The highest BCUT2D eigenvalue weighted by atomic mass is 35.5.